The van der Waals surface area contributed by atoms with Gasteiger partial charge < -0.3 is 19.7 Å². The second-order valence-electron chi connectivity index (χ2n) is 7.39. The fourth-order valence-electron chi connectivity index (χ4n) is 3.61. The lowest BCUT2D eigenvalue weighted by atomic mass is 10.1. The van der Waals surface area contributed by atoms with Crippen LogP contribution >= 0.6 is 0 Å². The number of amides is 1. The number of nitrogens with zero attached hydrogens (tertiary/aromatic N) is 3. The first-order valence-electron chi connectivity index (χ1n) is 10.5. The Kier molecular flexibility index (Phi) is 6.62. The van der Waals surface area contributed by atoms with E-state index in [2.05, 4.69) is 20.4 Å². The zero-order chi connectivity index (χ0) is 21.5. The van der Waals surface area contributed by atoms with Crippen LogP contribution in [0.5, 0.6) is 11.5 Å². The lowest BCUT2D eigenvalue weighted by Crippen LogP contribution is -2.30. The average Bonchev–Trinajstić information content (AvgIpc) is 2.84. The smallest absolute Gasteiger partial charge is 0.262 e. The molecule has 160 valence electrons. The largest absolute Gasteiger partial charge is 0.493 e. The number of carbonyl (C=O) groups is 1. The van der Waals surface area contributed by atoms with Gasteiger partial charge in [0.2, 0.25) is 0 Å². The highest BCUT2D eigenvalue weighted by Crippen LogP contribution is 2.26. The van der Waals surface area contributed by atoms with Gasteiger partial charge in [0, 0.05) is 24.3 Å². The molecule has 1 aliphatic heterocycles. The number of ether oxygens (including phenoxy) is 2. The van der Waals surface area contributed by atoms with E-state index in [-0.39, 0.29) is 12.5 Å². The average molecular weight is 418 g/mol. The van der Waals surface area contributed by atoms with Gasteiger partial charge >= 0.3 is 0 Å². The van der Waals surface area contributed by atoms with E-state index >= 15 is 0 Å². The first-order chi connectivity index (χ1) is 15.2. The van der Waals surface area contributed by atoms with Crippen molar-refractivity contribution in [3.8, 4) is 22.8 Å². The standard InChI is InChI=1S/C24H26N4O3/c1-30-21-10-3-4-11-22(21)31-17-24(29)25-19-9-7-8-18(16-19)20-12-13-23(27-26-20)28-14-5-2-6-15-28/h3-4,7-13,16H,2,5-6,14-15,17H2,1H3,(H,25,29). The predicted molar refractivity (Wildman–Crippen MR) is 121 cm³/mol. The van der Waals surface area contributed by atoms with Crippen LogP contribution in [-0.4, -0.2) is 42.9 Å². The molecule has 1 aromatic heterocycles. The lowest BCUT2D eigenvalue weighted by Gasteiger charge is -2.27. The maximum Gasteiger partial charge on any atom is 0.262 e. The van der Waals surface area contributed by atoms with Crippen molar-refractivity contribution in [2.24, 2.45) is 0 Å². The molecule has 0 aliphatic carbocycles. The van der Waals surface area contributed by atoms with Crippen LogP contribution in [0.15, 0.2) is 60.7 Å². The summed E-state index contributed by atoms with van der Waals surface area (Å²) in [5.41, 5.74) is 2.33. The summed E-state index contributed by atoms with van der Waals surface area (Å²) in [6.07, 6.45) is 3.68. The molecule has 7 heteroatoms. The van der Waals surface area contributed by atoms with Crippen molar-refractivity contribution >= 4 is 17.4 Å². The van der Waals surface area contributed by atoms with Gasteiger partial charge in [-0.2, -0.15) is 0 Å². The number of rotatable bonds is 7. The molecule has 3 aromatic rings. The number of piperidine rings is 1. The summed E-state index contributed by atoms with van der Waals surface area (Å²) in [5.74, 6) is 1.78. The van der Waals surface area contributed by atoms with E-state index in [9.17, 15) is 4.79 Å². The highest BCUT2D eigenvalue weighted by molar-refractivity contribution is 5.92. The van der Waals surface area contributed by atoms with Crippen molar-refractivity contribution < 1.29 is 14.3 Å². The fraction of sp³-hybridized carbons (Fsp3) is 0.292. The predicted octanol–water partition coefficient (Wildman–Crippen LogP) is 4.16. The minimum absolute atomic E-state index is 0.116. The minimum atomic E-state index is -0.255. The van der Waals surface area contributed by atoms with Crippen LogP contribution in [0.4, 0.5) is 11.5 Å². The third kappa shape index (κ3) is 5.31. The van der Waals surface area contributed by atoms with Crippen molar-refractivity contribution in [1.29, 1.82) is 0 Å². The van der Waals surface area contributed by atoms with Crippen molar-refractivity contribution in [3.63, 3.8) is 0 Å². The van der Waals surface area contributed by atoms with Crippen molar-refractivity contribution in [2.75, 3.05) is 37.0 Å². The summed E-state index contributed by atoms with van der Waals surface area (Å²) in [5, 5.41) is 11.7. The number of benzene rings is 2. The fourth-order valence-corrected chi connectivity index (χ4v) is 3.61. The highest BCUT2D eigenvalue weighted by atomic mass is 16.5. The summed E-state index contributed by atoms with van der Waals surface area (Å²) >= 11 is 0. The van der Waals surface area contributed by atoms with E-state index in [1.165, 1.54) is 19.3 Å². The van der Waals surface area contributed by atoms with E-state index in [0.29, 0.717) is 17.2 Å². The molecule has 0 atom stereocenters. The van der Waals surface area contributed by atoms with Crippen LogP contribution in [0.25, 0.3) is 11.3 Å². The van der Waals surface area contributed by atoms with Crippen LogP contribution in [-0.2, 0) is 4.79 Å². The van der Waals surface area contributed by atoms with E-state index in [1.54, 1.807) is 19.2 Å². The van der Waals surface area contributed by atoms with Crippen molar-refractivity contribution in [3.05, 3.63) is 60.7 Å². The molecule has 2 aromatic carbocycles. The van der Waals surface area contributed by atoms with Gasteiger partial charge in [0.25, 0.3) is 5.91 Å². The van der Waals surface area contributed by atoms with Gasteiger partial charge in [-0.1, -0.05) is 24.3 Å². The van der Waals surface area contributed by atoms with Gasteiger partial charge in [-0.05, 0) is 55.7 Å². The number of anilines is 2. The molecule has 1 aliphatic rings. The van der Waals surface area contributed by atoms with E-state index in [4.69, 9.17) is 9.47 Å². The van der Waals surface area contributed by atoms with Gasteiger partial charge in [-0.15, -0.1) is 10.2 Å². The summed E-state index contributed by atoms with van der Waals surface area (Å²) in [6.45, 7) is 1.95. The molecule has 1 amide bonds. The summed E-state index contributed by atoms with van der Waals surface area (Å²) < 4.78 is 10.8. The molecular weight excluding hydrogens is 392 g/mol. The SMILES string of the molecule is COc1ccccc1OCC(=O)Nc1cccc(-c2ccc(N3CCCCC3)nn2)c1. The molecule has 1 fully saturated rings. The molecule has 0 saturated carbocycles. The Morgan fingerprint density at radius 2 is 1.77 bits per heavy atom. The van der Waals surface area contributed by atoms with Crippen LogP contribution in [0.2, 0.25) is 0 Å². The molecule has 0 unspecified atom stereocenters. The van der Waals surface area contributed by atoms with Crippen LogP contribution in [0.3, 0.4) is 0 Å². The number of hydrogen-bond donors (Lipinski definition) is 1. The third-order valence-electron chi connectivity index (χ3n) is 5.20. The molecule has 0 radical (unpaired) electrons. The van der Waals surface area contributed by atoms with Crippen LogP contribution in [0, 0.1) is 0 Å². The molecule has 1 N–H and O–H groups in total. The quantitative estimate of drug-likeness (QED) is 0.621. The number of aromatic nitrogens is 2. The maximum absolute atomic E-state index is 12.3. The highest BCUT2D eigenvalue weighted by Gasteiger charge is 2.13. The molecule has 0 bridgehead atoms. The number of carbonyl (C=O) groups excluding carboxylic acids is 1. The number of hydrogen-bond acceptors (Lipinski definition) is 6. The lowest BCUT2D eigenvalue weighted by molar-refractivity contribution is -0.118. The van der Waals surface area contributed by atoms with Gasteiger partial charge in [-0.3, -0.25) is 4.79 Å². The molecule has 7 nitrogen and oxygen atoms in total. The Balaban J connectivity index is 1.38. The summed E-state index contributed by atoms with van der Waals surface area (Å²) in [4.78, 5) is 14.6. The van der Waals surface area contributed by atoms with Crippen molar-refractivity contribution in [1.82, 2.24) is 10.2 Å². The third-order valence-corrected chi connectivity index (χ3v) is 5.20. The number of para-hydroxylation sites is 2. The first kappa shape index (κ1) is 20.7. The molecule has 31 heavy (non-hydrogen) atoms. The molecule has 0 spiro atoms. The Morgan fingerprint density at radius 1 is 0.968 bits per heavy atom. The Hall–Kier alpha value is -3.61. The molecule has 4 rings (SSSR count). The first-order valence-corrected chi connectivity index (χ1v) is 10.5. The minimum Gasteiger partial charge on any atom is -0.493 e. The Morgan fingerprint density at radius 3 is 2.52 bits per heavy atom. The van der Waals surface area contributed by atoms with E-state index in [1.807, 2.05) is 48.5 Å². The Labute approximate surface area is 182 Å². The zero-order valence-corrected chi connectivity index (χ0v) is 17.6. The van der Waals surface area contributed by atoms with E-state index < -0.39 is 0 Å². The van der Waals surface area contributed by atoms with Crippen LogP contribution in [0.1, 0.15) is 19.3 Å². The number of methoxy groups -OCH3 is 1. The molecular formula is C24H26N4O3. The van der Waals surface area contributed by atoms with Gasteiger partial charge in [0.15, 0.2) is 23.9 Å². The summed E-state index contributed by atoms with van der Waals surface area (Å²) in [7, 11) is 1.57. The van der Waals surface area contributed by atoms with Crippen molar-refractivity contribution in [2.45, 2.75) is 19.3 Å². The molecule has 1 saturated heterocycles. The second kappa shape index (κ2) is 9.93. The van der Waals surface area contributed by atoms with Crippen LogP contribution < -0.4 is 19.7 Å². The maximum atomic E-state index is 12.3. The summed E-state index contributed by atoms with van der Waals surface area (Å²) in [6, 6.07) is 18.8. The van der Waals surface area contributed by atoms with Gasteiger partial charge in [0.1, 0.15) is 0 Å². The van der Waals surface area contributed by atoms with E-state index in [0.717, 1.165) is 30.2 Å². The Bertz CT molecular complexity index is 1020. The normalized spacial score (nSPS) is 13.5. The van der Waals surface area contributed by atoms with Gasteiger partial charge in [0.05, 0.1) is 12.8 Å². The monoisotopic (exact) mass is 418 g/mol. The van der Waals surface area contributed by atoms with Gasteiger partial charge in [-0.25, -0.2) is 0 Å². The molecule has 2 heterocycles. The number of nitrogens with one attached hydrogen (secondary N) is 1. The topological polar surface area (TPSA) is 76.6 Å². The second-order valence-corrected chi connectivity index (χ2v) is 7.39. The zero-order valence-electron chi connectivity index (χ0n) is 17.6.